The van der Waals surface area contributed by atoms with Gasteiger partial charge in [0.25, 0.3) is 0 Å². The molecule has 0 N–H and O–H groups in total. The molecular formula is C141H100N6. The van der Waals surface area contributed by atoms with Crippen LogP contribution < -0.4 is 0 Å². The van der Waals surface area contributed by atoms with E-state index < -0.39 is 0 Å². The number of aromatic nitrogens is 6. The first-order valence-electron chi connectivity index (χ1n) is 50.8. The van der Waals surface area contributed by atoms with E-state index in [1.165, 1.54) is 149 Å². The lowest BCUT2D eigenvalue weighted by Gasteiger charge is -2.21. The Balaban J connectivity index is 0.000000113. The summed E-state index contributed by atoms with van der Waals surface area (Å²) in [6.45, 7) is 13.9. The van der Waals surface area contributed by atoms with E-state index in [1.807, 2.05) is 6.07 Å². The first-order valence-corrected chi connectivity index (χ1v) is 50.8. The van der Waals surface area contributed by atoms with Crippen molar-refractivity contribution < 1.29 is 0 Å². The molecule has 0 saturated carbocycles. The normalized spacial score (nSPS) is 13.0. The monoisotopic (exact) mass is 1880 g/mol. The lowest BCUT2D eigenvalue weighted by atomic mass is 9.82. The molecule has 0 fully saturated rings. The van der Waals surface area contributed by atoms with E-state index in [2.05, 4.69) is 533 Å². The summed E-state index contributed by atoms with van der Waals surface area (Å²) in [7, 11) is 0. The van der Waals surface area contributed by atoms with Crippen molar-refractivity contribution in [2.24, 2.45) is 0 Å². The quantitative estimate of drug-likeness (QED) is 0.107. The van der Waals surface area contributed by atoms with Gasteiger partial charge in [-0.3, -0.25) is 0 Å². The van der Waals surface area contributed by atoms with Crippen LogP contribution in [-0.2, 0) is 16.2 Å². The molecule has 28 rings (SSSR count). The van der Waals surface area contributed by atoms with Crippen LogP contribution in [0.1, 0.15) is 74.9 Å². The maximum Gasteiger partial charge on any atom is 0.160 e. The van der Waals surface area contributed by atoms with Gasteiger partial charge in [-0.25, -0.2) is 29.9 Å². The molecule has 0 atom stereocenters. The maximum atomic E-state index is 5.43. The van der Waals surface area contributed by atoms with E-state index in [0.717, 1.165) is 128 Å². The zero-order valence-corrected chi connectivity index (χ0v) is 82.5. The molecule has 3 aliphatic rings. The first-order chi connectivity index (χ1) is 72.2. The fourth-order valence-corrected chi connectivity index (χ4v) is 23.4. The van der Waals surface area contributed by atoms with Crippen LogP contribution in [0.2, 0.25) is 0 Å². The van der Waals surface area contributed by atoms with E-state index in [9.17, 15) is 0 Å². The van der Waals surface area contributed by atoms with E-state index in [0.29, 0.717) is 0 Å². The fourth-order valence-electron chi connectivity index (χ4n) is 23.4. The first kappa shape index (κ1) is 88.8. The maximum absolute atomic E-state index is 5.43. The van der Waals surface area contributed by atoms with Gasteiger partial charge in [-0.2, -0.15) is 0 Å². The molecule has 3 heterocycles. The molecule has 0 amide bonds. The predicted molar refractivity (Wildman–Crippen MR) is 614 cm³/mol. The minimum atomic E-state index is -0.116. The number of fused-ring (bicyclic) bond motifs is 21. The summed E-state index contributed by atoms with van der Waals surface area (Å²) in [4.78, 5) is 32.0. The van der Waals surface area contributed by atoms with Crippen molar-refractivity contribution in [1.82, 2.24) is 29.9 Å². The highest BCUT2D eigenvalue weighted by molar-refractivity contribution is 6.26. The summed E-state index contributed by atoms with van der Waals surface area (Å²) in [5, 5.41) is 10.9. The molecular weight excluding hydrogens is 1780 g/mol. The molecule has 22 aromatic carbocycles. The van der Waals surface area contributed by atoms with Crippen molar-refractivity contribution in [3.63, 3.8) is 0 Å². The number of benzene rings is 22. The summed E-state index contributed by atoms with van der Waals surface area (Å²) in [6.07, 6.45) is 0. The lowest BCUT2D eigenvalue weighted by molar-refractivity contribution is 0.660. The molecule has 0 spiro atoms. The van der Waals surface area contributed by atoms with Gasteiger partial charge in [-0.1, -0.05) is 497 Å². The molecule has 3 aliphatic carbocycles. The molecule has 0 unspecified atom stereocenters. The predicted octanol–water partition coefficient (Wildman–Crippen LogP) is 36.9. The van der Waals surface area contributed by atoms with Crippen LogP contribution in [0.15, 0.2) is 497 Å². The Kier molecular flexibility index (Phi) is 21.9. The van der Waals surface area contributed by atoms with Crippen molar-refractivity contribution in [1.29, 1.82) is 0 Å². The van der Waals surface area contributed by atoms with Gasteiger partial charge >= 0.3 is 0 Å². The smallest absolute Gasteiger partial charge is 0.160 e. The number of nitrogens with zero attached hydrogens (tertiary/aromatic N) is 6. The van der Waals surface area contributed by atoms with Crippen molar-refractivity contribution >= 4 is 65.0 Å². The summed E-state index contributed by atoms with van der Waals surface area (Å²) < 4.78 is 0. The van der Waals surface area contributed by atoms with Gasteiger partial charge in [0.15, 0.2) is 17.5 Å². The van der Waals surface area contributed by atoms with Crippen molar-refractivity contribution in [3.05, 3.63) is 531 Å². The summed E-state index contributed by atoms with van der Waals surface area (Å²) in [5.41, 5.74) is 43.8. The van der Waals surface area contributed by atoms with Gasteiger partial charge in [0.1, 0.15) is 0 Å². The van der Waals surface area contributed by atoms with Crippen LogP contribution in [-0.4, -0.2) is 29.9 Å². The molecule has 25 aromatic rings. The fraction of sp³-hybridized carbons (Fsp3) is 0.0638. The summed E-state index contributed by atoms with van der Waals surface area (Å²) >= 11 is 0. The molecule has 694 valence electrons. The molecule has 3 aromatic heterocycles. The van der Waals surface area contributed by atoms with Gasteiger partial charge in [-0.05, 0) is 203 Å². The van der Waals surface area contributed by atoms with Crippen LogP contribution in [0.25, 0.3) is 244 Å². The zero-order valence-electron chi connectivity index (χ0n) is 82.5. The van der Waals surface area contributed by atoms with Crippen LogP contribution in [0.4, 0.5) is 0 Å². The third kappa shape index (κ3) is 15.6. The zero-order chi connectivity index (χ0) is 98.6. The van der Waals surface area contributed by atoms with Crippen molar-refractivity contribution in [2.45, 2.75) is 57.8 Å². The summed E-state index contributed by atoms with van der Waals surface area (Å²) in [6, 6.07) is 178. The van der Waals surface area contributed by atoms with Gasteiger partial charge in [0.2, 0.25) is 0 Å². The van der Waals surface area contributed by atoms with Crippen molar-refractivity contribution in [2.75, 3.05) is 0 Å². The Hall–Kier alpha value is -18.4. The highest BCUT2D eigenvalue weighted by Crippen LogP contribution is 2.57. The molecule has 147 heavy (non-hydrogen) atoms. The molecule has 0 saturated heterocycles. The molecule has 0 bridgehead atoms. The van der Waals surface area contributed by atoms with Gasteiger partial charge in [0, 0.05) is 82.5 Å². The Bertz CT molecular complexity index is 9530. The molecule has 6 heteroatoms. The van der Waals surface area contributed by atoms with Gasteiger partial charge in [0.05, 0.1) is 33.6 Å². The lowest BCUT2D eigenvalue weighted by Crippen LogP contribution is -2.14. The van der Waals surface area contributed by atoms with Crippen LogP contribution >= 0.6 is 0 Å². The van der Waals surface area contributed by atoms with Gasteiger partial charge < -0.3 is 0 Å². The largest absolute Gasteiger partial charge is 0.227 e. The minimum absolute atomic E-state index is 0.0954. The number of rotatable bonds is 13. The number of hydrogen-bond acceptors (Lipinski definition) is 6. The molecule has 6 nitrogen and oxygen atoms in total. The van der Waals surface area contributed by atoms with E-state index >= 15 is 0 Å². The van der Waals surface area contributed by atoms with E-state index in [-0.39, 0.29) is 16.2 Å². The second kappa shape index (κ2) is 36.2. The third-order valence-electron chi connectivity index (χ3n) is 30.8. The number of hydrogen-bond donors (Lipinski definition) is 0. The molecule has 0 radical (unpaired) electrons. The Morgan fingerprint density at radius 1 is 0.129 bits per heavy atom. The van der Waals surface area contributed by atoms with E-state index in [4.69, 9.17) is 29.9 Å². The van der Waals surface area contributed by atoms with Gasteiger partial charge in [-0.15, -0.1) is 0 Å². The second-order valence-electron chi connectivity index (χ2n) is 40.6. The standard InChI is InChI=1S/C53H36N2.C47H34N2.C41H30N2/c1-53(2)47-25-11-10-24-44(47)49-48(53)29-28-45-50(33-14-4-3-5-15-33)54-52(55-51(45)49)38-19-13-18-36(31-38)34-16-12-17-35(30-34)37-26-27-43-41-22-7-6-20-39(41)40-21-8-9-23-42(40)46(43)32-37;1-47(2)41-26-12-11-25-39(41)43-42(47)28-27-40-44(32-17-7-4-8-18-32)48-46(49-45(40)43)36-22-14-20-34(30-36)33-19-13-21-35(29-33)38-24-10-9-23-37(38)31-15-5-3-6-16-31;1-41(2)35-22-10-9-21-33(35)37-36(41)24-23-34-38(42-40(43-39(34)37)28-15-7-4-8-16-28)32-20-12-19-31(26-32)30-18-11-17-29(25-30)27-13-5-3-6-14-27/h3-32H,1-2H3;3-30H,1-2H3;3-26H,1-2H3. The average molecular weight is 1880 g/mol. The van der Waals surface area contributed by atoms with Crippen LogP contribution in [0.3, 0.4) is 0 Å². The Labute approximate surface area is 856 Å². The average Bonchev–Trinajstić information content (AvgIpc) is 1.57. The van der Waals surface area contributed by atoms with E-state index in [1.54, 1.807) is 0 Å². The minimum Gasteiger partial charge on any atom is -0.227 e. The third-order valence-corrected chi connectivity index (χ3v) is 30.8. The van der Waals surface area contributed by atoms with Crippen molar-refractivity contribution in [3.8, 4) is 179 Å². The summed E-state index contributed by atoms with van der Waals surface area (Å²) in [5.74, 6) is 2.21. The van der Waals surface area contributed by atoms with Crippen LogP contribution in [0, 0.1) is 0 Å². The highest BCUT2D eigenvalue weighted by Gasteiger charge is 2.41. The topological polar surface area (TPSA) is 77.3 Å². The Morgan fingerprint density at radius 3 is 0.741 bits per heavy atom. The van der Waals surface area contributed by atoms with Crippen LogP contribution in [0.5, 0.6) is 0 Å². The SMILES string of the molecule is CC1(C)c2ccccc2-c2c1ccc1c(-c3cccc(-c4cccc(-c5ccccc5)c4)c3)nc(-c3ccccc3)nc21.CC1(C)c2ccccc2-c2c1ccc1c(-c3ccccc3)nc(-c3cccc(-c4cccc(-c5ccc6c7ccccc7c7ccccc7c6c5)c4)c3)nc21.CC1(C)c2ccccc2-c2c1ccc1c(-c3ccccc3)nc(-c3cccc(-c4cccc(-c5ccccc5-c5ccccc5)c4)c3)nc21. The highest BCUT2D eigenvalue weighted by atomic mass is 14.9. The second-order valence-corrected chi connectivity index (χ2v) is 40.6. The Morgan fingerprint density at radius 2 is 0.361 bits per heavy atom. The molecule has 0 aliphatic heterocycles.